The highest BCUT2D eigenvalue weighted by Gasteiger charge is 2.50. The molecule has 4 heteroatoms. The Morgan fingerprint density at radius 2 is 1.95 bits per heavy atom. The van der Waals surface area contributed by atoms with Gasteiger partial charge in [0.05, 0.1) is 12.3 Å². The van der Waals surface area contributed by atoms with Gasteiger partial charge in [-0.25, -0.2) is 0 Å². The number of esters is 1. The van der Waals surface area contributed by atoms with Gasteiger partial charge in [-0.2, -0.15) is 0 Å². The van der Waals surface area contributed by atoms with Crippen molar-refractivity contribution in [2.24, 2.45) is 29.6 Å². The highest BCUT2D eigenvalue weighted by atomic mass is 16.5. The zero-order valence-corrected chi connectivity index (χ0v) is 13.1. The van der Waals surface area contributed by atoms with Crippen LogP contribution in [-0.2, 0) is 14.3 Å². The molecule has 0 spiro atoms. The molecule has 3 aliphatic rings. The third-order valence-electron chi connectivity index (χ3n) is 5.68. The Bertz CT molecular complexity index is 448. The maximum Gasteiger partial charge on any atom is 0.307 e. The van der Waals surface area contributed by atoms with Crippen molar-refractivity contribution in [3.05, 3.63) is 12.7 Å². The van der Waals surface area contributed by atoms with Crippen LogP contribution < -0.4 is 0 Å². The summed E-state index contributed by atoms with van der Waals surface area (Å²) in [7, 11) is 0. The first-order valence-electron chi connectivity index (χ1n) is 8.61. The minimum absolute atomic E-state index is 0.0312. The van der Waals surface area contributed by atoms with E-state index in [2.05, 4.69) is 6.58 Å². The Hall–Kier alpha value is -1.32. The summed E-state index contributed by atoms with van der Waals surface area (Å²) in [5.41, 5.74) is 0. The molecule has 6 atom stereocenters. The Kier molecular flexibility index (Phi) is 4.55. The van der Waals surface area contributed by atoms with Crippen molar-refractivity contribution in [1.29, 1.82) is 0 Å². The van der Waals surface area contributed by atoms with Crippen LogP contribution in [0.5, 0.6) is 0 Å². The summed E-state index contributed by atoms with van der Waals surface area (Å²) in [6, 6.07) is 0. The molecule has 0 heterocycles. The number of carboxylic acid groups (broad SMARTS) is 1. The van der Waals surface area contributed by atoms with E-state index < -0.39 is 11.9 Å². The summed E-state index contributed by atoms with van der Waals surface area (Å²) in [6.07, 6.45) is 9.33. The van der Waals surface area contributed by atoms with Crippen LogP contribution in [0.4, 0.5) is 0 Å². The molecule has 0 aromatic heterocycles. The number of hydrogen-bond acceptors (Lipinski definition) is 3. The predicted octanol–water partition coefficient (Wildman–Crippen LogP) is 3.41. The molecule has 3 saturated carbocycles. The molecule has 0 saturated heterocycles. The topological polar surface area (TPSA) is 63.6 Å². The van der Waals surface area contributed by atoms with E-state index in [-0.39, 0.29) is 24.4 Å². The molecule has 1 N–H and O–H groups in total. The Morgan fingerprint density at radius 1 is 1.23 bits per heavy atom. The van der Waals surface area contributed by atoms with Crippen LogP contribution >= 0.6 is 0 Å². The fraction of sp³-hybridized carbons (Fsp3) is 0.778. The number of ether oxygens (including phenoxy) is 1. The number of rotatable bonds is 9. The van der Waals surface area contributed by atoms with Gasteiger partial charge in [-0.05, 0) is 68.6 Å². The molecule has 3 rings (SSSR count). The molecule has 4 nitrogen and oxygen atoms in total. The molecule has 3 fully saturated rings. The number of allylic oxidation sites excluding steroid dienone is 1. The van der Waals surface area contributed by atoms with E-state index in [4.69, 9.17) is 4.74 Å². The molecule has 3 aliphatic carbocycles. The van der Waals surface area contributed by atoms with Crippen LogP contribution in [0.2, 0.25) is 0 Å². The maximum atomic E-state index is 12.0. The first-order valence-corrected chi connectivity index (χ1v) is 8.61. The van der Waals surface area contributed by atoms with Gasteiger partial charge in [0.15, 0.2) is 0 Å². The molecule has 0 amide bonds. The zero-order chi connectivity index (χ0) is 15.7. The standard InChI is InChI=1S/C18H26O4/c1-2-3-4-5-11-9-16(11)22-17(19)10-15(18(20)21)14-7-12-6-13(12)8-14/h2,11-16H,1,3-10H2,(H,20,21)/t11-,12-,13+,14?,15+,16-/m1/s1. The van der Waals surface area contributed by atoms with Crippen LogP contribution in [0.25, 0.3) is 0 Å². The lowest BCUT2D eigenvalue weighted by atomic mass is 9.86. The second-order valence-electron chi connectivity index (χ2n) is 7.38. The average Bonchev–Trinajstić information content (AvgIpc) is 3.35. The van der Waals surface area contributed by atoms with E-state index in [1.54, 1.807) is 0 Å². The highest BCUT2D eigenvalue weighted by molar-refractivity contribution is 5.79. The Balaban J connectivity index is 1.40. The van der Waals surface area contributed by atoms with E-state index in [1.165, 1.54) is 6.42 Å². The molecule has 0 aromatic carbocycles. The SMILES string of the molecule is C=CCCC[C@@H]1C[C@H]1OC(=O)C[C@H](C(=O)O)C1C[C@@H]2C[C@@H]2C1. The number of unbranched alkanes of at least 4 members (excludes halogenated alkanes) is 1. The Morgan fingerprint density at radius 3 is 2.59 bits per heavy atom. The molecule has 1 unspecified atom stereocenters. The van der Waals surface area contributed by atoms with Gasteiger partial charge >= 0.3 is 11.9 Å². The quantitative estimate of drug-likeness (QED) is 0.403. The monoisotopic (exact) mass is 306 g/mol. The zero-order valence-electron chi connectivity index (χ0n) is 13.1. The van der Waals surface area contributed by atoms with Gasteiger partial charge in [0.2, 0.25) is 0 Å². The van der Waals surface area contributed by atoms with Crippen LogP contribution in [0.1, 0.15) is 51.4 Å². The molecule has 122 valence electrons. The lowest BCUT2D eigenvalue weighted by molar-refractivity contribution is -0.154. The lowest BCUT2D eigenvalue weighted by Crippen LogP contribution is -2.27. The molecular formula is C18H26O4. The smallest absolute Gasteiger partial charge is 0.307 e. The van der Waals surface area contributed by atoms with Crippen molar-refractivity contribution in [1.82, 2.24) is 0 Å². The molecule has 0 radical (unpaired) electrons. The number of carbonyl (C=O) groups is 2. The van der Waals surface area contributed by atoms with Crippen LogP contribution in [0.15, 0.2) is 12.7 Å². The summed E-state index contributed by atoms with van der Waals surface area (Å²) in [4.78, 5) is 23.5. The van der Waals surface area contributed by atoms with Gasteiger partial charge in [-0.1, -0.05) is 6.08 Å². The van der Waals surface area contributed by atoms with Gasteiger partial charge in [0, 0.05) is 0 Å². The number of carboxylic acids is 1. The summed E-state index contributed by atoms with van der Waals surface area (Å²) < 4.78 is 5.45. The normalized spacial score (nSPS) is 36.3. The van der Waals surface area contributed by atoms with Crippen LogP contribution in [0, 0.1) is 29.6 Å². The van der Waals surface area contributed by atoms with Gasteiger partial charge in [0.1, 0.15) is 6.10 Å². The summed E-state index contributed by atoms with van der Waals surface area (Å²) in [6.45, 7) is 3.70. The number of hydrogen-bond donors (Lipinski definition) is 1. The summed E-state index contributed by atoms with van der Waals surface area (Å²) in [5, 5.41) is 9.41. The van der Waals surface area contributed by atoms with Crippen molar-refractivity contribution in [2.45, 2.75) is 57.5 Å². The van der Waals surface area contributed by atoms with E-state index in [1.807, 2.05) is 6.08 Å². The minimum Gasteiger partial charge on any atom is -0.481 e. The third kappa shape index (κ3) is 3.71. The number of carbonyl (C=O) groups excluding carboxylic acids is 1. The van der Waals surface area contributed by atoms with Crippen molar-refractivity contribution < 1.29 is 19.4 Å². The first kappa shape index (κ1) is 15.6. The second-order valence-corrected chi connectivity index (χ2v) is 7.38. The lowest BCUT2D eigenvalue weighted by Gasteiger charge is -2.20. The minimum atomic E-state index is -0.832. The van der Waals surface area contributed by atoms with E-state index in [9.17, 15) is 14.7 Å². The van der Waals surface area contributed by atoms with Gasteiger partial charge in [0.25, 0.3) is 0 Å². The first-order chi connectivity index (χ1) is 10.6. The van der Waals surface area contributed by atoms with E-state index in [0.717, 1.165) is 50.4 Å². The van der Waals surface area contributed by atoms with Crippen LogP contribution in [0.3, 0.4) is 0 Å². The van der Waals surface area contributed by atoms with Gasteiger partial charge in [-0.15, -0.1) is 6.58 Å². The average molecular weight is 306 g/mol. The van der Waals surface area contributed by atoms with E-state index in [0.29, 0.717) is 5.92 Å². The largest absolute Gasteiger partial charge is 0.481 e. The predicted molar refractivity (Wildman–Crippen MR) is 82.1 cm³/mol. The Labute approximate surface area is 131 Å². The summed E-state index contributed by atoms with van der Waals surface area (Å²) in [5.74, 6) is 0.438. The highest BCUT2D eigenvalue weighted by Crippen LogP contribution is 2.56. The van der Waals surface area contributed by atoms with Crippen molar-refractivity contribution in [2.75, 3.05) is 0 Å². The molecular weight excluding hydrogens is 280 g/mol. The molecule has 22 heavy (non-hydrogen) atoms. The number of aliphatic carboxylic acids is 1. The third-order valence-corrected chi connectivity index (χ3v) is 5.68. The maximum absolute atomic E-state index is 12.0. The van der Waals surface area contributed by atoms with Crippen molar-refractivity contribution in [3.63, 3.8) is 0 Å². The molecule has 0 bridgehead atoms. The van der Waals surface area contributed by atoms with Crippen molar-refractivity contribution >= 4 is 11.9 Å². The molecule has 0 aromatic rings. The fourth-order valence-corrected chi connectivity index (χ4v) is 4.13. The second kappa shape index (κ2) is 6.43. The molecule has 0 aliphatic heterocycles. The number of fused-ring (bicyclic) bond motifs is 1. The van der Waals surface area contributed by atoms with E-state index >= 15 is 0 Å². The fourth-order valence-electron chi connectivity index (χ4n) is 4.13. The van der Waals surface area contributed by atoms with Gasteiger partial charge in [-0.3, -0.25) is 9.59 Å². The van der Waals surface area contributed by atoms with Crippen molar-refractivity contribution in [3.8, 4) is 0 Å². The summed E-state index contributed by atoms with van der Waals surface area (Å²) >= 11 is 0. The van der Waals surface area contributed by atoms with Crippen LogP contribution in [-0.4, -0.2) is 23.1 Å². The van der Waals surface area contributed by atoms with Gasteiger partial charge < -0.3 is 9.84 Å².